The highest BCUT2D eigenvalue weighted by Crippen LogP contribution is 2.28. The number of nitrogens with zero attached hydrogens (tertiary/aromatic N) is 1. The van der Waals surface area contributed by atoms with Crippen molar-refractivity contribution < 1.29 is 28.7 Å². The molecule has 0 aliphatic carbocycles. The monoisotopic (exact) mass is 271 g/mol. The van der Waals surface area contributed by atoms with Gasteiger partial charge < -0.3 is 9.47 Å². The molecule has 19 heavy (non-hydrogen) atoms. The first kappa shape index (κ1) is 15.1. The van der Waals surface area contributed by atoms with Crippen LogP contribution in [0.15, 0.2) is 0 Å². The third-order valence-corrected chi connectivity index (χ3v) is 2.99. The van der Waals surface area contributed by atoms with E-state index in [4.69, 9.17) is 4.74 Å². The molecule has 1 fully saturated rings. The second-order valence-electron chi connectivity index (χ2n) is 4.04. The molecular formula is C12H17NO6. The van der Waals surface area contributed by atoms with Crippen molar-refractivity contribution in [2.75, 3.05) is 20.3 Å². The lowest BCUT2D eigenvalue weighted by atomic mass is 9.91. The number of carbonyl (C=O) groups excluding carboxylic acids is 4. The molecule has 1 heterocycles. The lowest BCUT2D eigenvalue weighted by Crippen LogP contribution is -2.39. The van der Waals surface area contributed by atoms with Gasteiger partial charge in [-0.3, -0.25) is 24.1 Å². The molecule has 1 rings (SSSR count). The average Bonchev–Trinajstić information content (AvgIpc) is 2.65. The fourth-order valence-corrected chi connectivity index (χ4v) is 2.09. The van der Waals surface area contributed by atoms with Gasteiger partial charge in [0.15, 0.2) is 5.92 Å². The maximum atomic E-state index is 12.0. The molecule has 0 spiro atoms. The standard InChI is InChI=1S/C12H17NO6/c1-4-13-8(14)6-7(10(13)15)9(11(16)18-3)12(17)19-5-2/h7,9H,4-6H2,1-3H3/t7-,9?/m1/s1. The van der Waals surface area contributed by atoms with Crippen LogP contribution in [0.5, 0.6) is 0 Å². The molecule has 1 saturated heterocycles. The molecule has 1 unspecified atom stereocenters. The number of hydrogen-bond donors (Lipinski definition) is 0. The molecule has 1 aliphatic rings. The Morgan fingerprint density at radius 1 is 1.32 bits per heavy atom. The highest BCUT2D eigenvalue weighted by atomic mass is 16.5. The lowest BCUT2D eigenvalue weighted by molar-refractivity contribution is -0.165. The van der Waals surface area contributed by atoms with Crippen molar-refractivity contribution in [3.8, 4) is 0 Å². The lowest BCUT2D eigenvalue weighted by Gasteiger charge is -2.18. The molecule has 1 aliphatic heterocycles. The average molecular weight is 271 g/mol. The molecule has 0 aromatic rings. The summed E-state index contributed by atoms with van der Waals surface area (Å²) < 4.78 is 9.29. The predicted molar refractivity (Wildman–Crippen MR) is 62.6 cm³/mol. The Hall–Kier alpha value is -1.92. The number of methoxy groups -OCH3 is 1. The molecule has 2 atom stereocenters. The van der Waals surface area contributed by atoms with Gasteiger partial charge in [0.25, 0.3) is 0 Å². The number of rotatable bonds is 5. The molecule has 7 heteroatoms. The number of imide groups is 1. The summed E-state index contributed by atoms with van der Waals surface area (Å²) >= 11 is 0. The third kappa shape index (κ3) is 2.91. The molecular weight excluding hydrogens is 254 g/mol. The number of amides is 2. The van der Waals surface area contributed by atoms with Gasteiger partial charge in [-0.15, -0.1) is 0 Å². The highest BCUT2D eigenvalue weighted by Gasteiger charge is 2.49. The summed E-state index contributed by atoms with van der Waals surface area (Å²) in [5.74, 6) is -5.02. The highest BCUT2D eigenvalue weighted by molar-refractivity contribution is 6.09. The van der Waals surface area contributed by atoms with Crippen LogP contribution in [0.4, 0.5) is 0 Å². The molecule has 106 valence electrons. The number of ether oxygens (including phenoxy) is 2. The van der Waals surface area contributed by atoms with Crippen molar-refractivity contribution in [1.82, 2.24) is 4.90 Å². The number of hydrogen-bond acceptors (Lipinski definition) is 6. The molecule has 7 nitrogen and oxygen atoms in total. The molecule has 2 amide bonds. The van der Waals surface area contributed by atoms with Gasteiger partial charge >= 0.3 is 11.9 Å². The summed E-state index contributed by atoms with van der Waals surface area (Å²) in [6.45, 7) is 3.53. The van der Waals surface area contributed by atoms with E-state index >= 15 is 0 Å². The van der Waals surface area contributed by atoms with Gasteiger partial charge in [0.05, 0.1) is 19.6 Å². The maximum absolute atomic E-state index is 12.0. The van der Waals surface area contributed by atoms with E-state index in [2.05, 4.69) is 4.74 Å². The smallest absolute Gasteiger partial charge is 0.321 e. The van der Waals surface area contributed by atoms with Crippen molar-refractivity contribution in [3.05, 3.63) is 0 Å². The normalized spacial score (nSPS) is 20.4. The van der Waals surface area contributed by atoms with E-state index in [-0.39, 0.29) is 19.6 Å². The van der Waals surface area contributed by atoms with Crippen molar-refractivity contribution >= 4 is 23.8 Å². The van der Waals surface area contributed by atoms with Crippen LogP contribution in [0, 0.1) is 11.8 Å². The van der Waals surface area contributed by atoms with Crippen LogP contribution in [0.1, 0.15) is 20.3 Å². The second kappa shape index (κ2) is 6.31. The summed E-state index contributed by atoms with van der Waals surface area (Å²) in [5, 5.41) is 0. The van der Waals surface area contributed by atoms with E-state index in [1.165, 1.54) is 0 Å². The second-order valence-corrected chi connectivity index (χ2v) is 4.04. The molecule has 0 aromatic carbocycles. The number of likely N-dealkylation sites (tertiary alicyclic amines) is 1. The first-order valence-corrected chi connectivity index (χ1v) is 6.06. The molecule has 0 N–H and O–H groups in total. The summed E-state index contributed by atoms with van der Waals surface area (Å²) in [6, 6.07) is 0. The Kier molecular flexibility index (Phi) is 5.02. The van der Waals surface area contributed by atoms with Gasteiger partial charge in [0, 0.05) is 13.0 Å². The maximum Gasteiger partial charge on any atom is 0.321 e. The summed E-state index contributed by atoms with van der Waals surface area (Å²) in [4.78, 5) is 48.1. The third-order valence-electron chi connectivity index (χ3n) is 2.99. The van der Waals surface area contributed by atoms with E-state index in [0.717, 1.165) is 12.0 Å². The number of esters is 2. The van der Waals surface area contributed by atoms with E-state index < -0.39 is 35.6 Å². The molecule has 0 saturated carbocycles. The van der Waals surface area contributed by atoms with E-state index in [9.17, 15) is 19.2 Å². The van der Waals surface area contributed by atoms with Gasteiger partial charge in [0.2, 0.25) is 11.8 Å². The Labute approximate surface area is 110 Å². The first-order valence-electron chi connectivity index (χ1n) is 6.06. The zero-order valence-electron chi connectivity index (χ0n) is 11.2. The van der Waals surface area contributed by atoms with Gasteiger partial charge in [-0.25, -0.2) is 0 Å². The predicted octanol–water partition coefficient (Wildman–Crippen LogP) is -0.266. The Bertz CT molecular complexity index is 405. The molecule has 0 bridgehead atoms. The van der Waals surface area contributed by atoms with Gasteiger partial charge in [-0.2, -0.15) is 0 Å². The largest absolute Gasteiger partial charge is 0.468 e. The Balaban J connectivity index is 3.00. The minimum absolute atomic E-state index is 0.0820. The Morgan fingerprint density at radius 3 is 2.37 bits per heavy atom. The van der Waals surface area contributed by atoms with E-state index in [0.29, 0.717) is 0 Å². The van der Waals surface area contributed by atoms with Crippen LogP contribution in [-0.2, 0) is 28.7 Å². The summed E-state index contributed by atoms with van der Waals surface area (Å²) in [6.07, 6.45) is -0.175. The molecule has 0 aromatic heterocycles. The minimum Gasteiger partial charge on any atom is -0.468 e. The van der Waals surface area contributed by atoms with Crippen LogP contribution >= 0.6 is 0 Å². The summed E-state index contributed by atoms with van der Waals surface area (Å²) in [7, 11) is 1.12. The van der Waals surface area contributed by atoms with E-state index in [1.807, 2.05) is 0 Å². The van der Waals surface area contributed by atoms with Gasteiger partial charge in [-0.05, 0) is 13.8 Å². The summed E-state index contributed by atoms with van der Waals surface area (Å²) in [5.41, 5.74) is 0. The van der Waals surface area contributed by atoms with Crippen LogP contribution < -0.4 is 0 Å². The topological polar surface area (TPSA) is 90.0 Å². The van der Waals surface area contributed by atoms with Crippen molar-refractivity contribution in [2.45, 2.75) is 20.3 Å². The van der Waals surface area contributed by atoms with Crippen LogP contribution in [0.2, 0.25) is 0 Å². The Morgan fingerprint density at radius 2 is 1.95 bits per heavy atom. The molecule has 0 radical (unpaired) electrons. The van der Waals surface area contributed by atoms with Crippen LogP contribution in [0.3, 0.4) is 0 Å². The van der Waals surface area contributed by atoms with Crippen molar-refractivity contribution in [1.29, 1.82) is 0 Å². The SMILES string of the molecule is CCOC(=O)C(C(=O)OC)[C@H]1CC(=O)N(CC)C1=O. The number of carbonyl (C=O) groups is 4. The zero-order valence-corrected chi connectivity index (χ0v) is 11.2. The fraction of sp³-hybridized carbons (Fsp3) is 0.667. The fourth-order valence-electron chi connectivity index (χ4n) is 2.09. The van der Waals surface area contributed by atoms with Gasteiger partial charge in [0.1, 0.15) is 0 Å². The van der Waals surface area contributed by atoms with Gasteiger partial charge in [-0.1, -0.05) is 0 Å². The van der Waals surface area contributed by atoms with E-state index in [1.54, 1.807) is 13.8 Å². The first-order chi connectivity index (χ1) is 8.97. The van der Waals surface area contributed by atoms with Crippen LogP contribution in [-0.4, -0.2) is 48.9 Å². The van der Waals surface area contributed by atoms with Crippen molar-refractivity contribution in [2.24, 2.45) is 11.8 Å². The zero-order chi connectivity index (χ0) is 14.6. The van der Waals surface area contributed by atoms with Crippen LogP contribution in [0.25, 0.3) is 0 Å². The quantitative estimate of drug-likeness (QED) is 0.388. The minimum atomic E-state index is -1.38. The van der Waals surface area contributed by atoms with Crippen molar-refractivity contribution in [3.63, 3.8) is 0 Å².